The highest BCUT2D eigenvalue weighted by Gasteiger charge is 2.09. The van der Waals surface area contributed by atoms with E-state index in [4.69, 9.17) is 5.73 Å². The van der Waals surface area contributed by atoms with Gasteiger partial charge in [-0.05, 0) is 44.0 Å². The summed E-state index contributed by atoms with van der Waals surface area (Å²) >= 11 is 0. The van der Waals surface area contributed by atoms with Crippen molar-refractivity contribution in [1.29, 1.82) is 0 Å². The summed E-state index contributed by atoms with van der Waals surface area (Å²) in [7, 11) is 0. The number of carbonyl (C=O) groups is 2. The zero-order chi connectivity index (χ0) is 18.1. The van der Waals surface area contributed by atoms with Gasteiger partial charge in [-0.15, -0.1) is 0 Å². The average Bonchev–Trinajstić information content (AvgIpc) is 2.61. The van der Waals surface area contributed by atoms with E-state index in [1.165, 1.54) is 5.56 Å². The Morgan fingerprint density at radius 1 is 0.880 bits per heavy atom. The minimum Gasteiger partial charge on any atom is -0.330 e. The largest absolute Gasteiger partial charge is 0.330 e. The Hall–Kier alpha value is -2.66. The van der Waals surface area contributed by atoms with Gasteiger partial charge in [-0.1, -0.05) is 42.0 Å². The zero-order valence-electron chi connectivity index (χ0n) is 14.5. The molecule has 0 aliphatic rings. The van der Waals surface area contributed by atoms with Gasteiger partial charge in [-0.25, -0.2) is 0 Å². The predicted octanol–water partition coefficient (Wildman–Crippen LogP) is 3.24. The van der Waals surface area contributed by atoms with Gasteiger partial charge < -0.3 is 16.4 Å². The first-order chi connectivity index (χ1) is 12.1. The van der Waals surface area contributed by atoms with Crippen molar-refractivity contribution in [3.8, 4) is 0 Å². The first-order valence-electron chi connectivity index (χ1n) is 8.53. The molecule has 25 heavy (non-hydrogen) atoms. The molecule has 132 valence electrons. The molecule has 4 N–H and O–H groups in total. The van der Waals surface area contributed by atoms with Crippen LogP contribution < -0.4 is 16.4 Å². The molecular formula is C20H25N3O2. The lowest BCUT2D eigenvalue weighted by molar-refractivity contribution is -0.117. The molecule has 0 fully saturated rings. The molecule has 0 saturated heterocycles. The molecule has 0 spiro atoms. The molecule has 0 aromatic heterocycles. The number of hydrogen-bond acceptors (Lipinski definition) is 3. The smallest absolute Gasteiger partial charge is 0.224 e. The van der Waals surface area contributed by atoms with Crippen molar-refractivity contribution in [3.63, 3.8) is 0 Å². The Bertz CT molecular complexity index is 711. The van der Waals surface area contributed by atoms with Gasteiger partial charge in [0.25, 0.3) is 0 Å². The molecule has 5 nitrogen and oxygen atoms in total. The fourth-order valence-electron chi connectivity index (χ4n) is 2.40. The third-order valence-corrected chi connectivity index (χ3v) is 3.84. The van der Waals surface area contributed by atoms with E-state index in [2.05, 4.69) is 10.6 Å². The quantitative estimate of drug-likeness (QED) is 0.690. The molecule has 5 heteroatoms. The van der Waals surface area contributed by atoms with Crippen molar-refractivity contribution in [1.82, 2.24) is 0 Å². The third kappa shape index (κ3) is 6.39. The van der Waals surface area contributed by atoms with Crippen LogP contribution in [0.1, 0.15) is 30.4 Å². The van der Waals surface area contributed by atoms with Gasteiger partial charge >= 0.3 is 0 Å². The second kappa shape index (κ2) is 9.59. The highest BCUT2D eigenvalue weighted by atomic mass is 16.2. The lowest BCUT2D eigenvalue weighted by atomic mass is 10.1. The normalized spacial score (nSPS) is 10.3. The number of nitrogens with two attached hydrogens (primary N) is 1. The van der Waals surface area contributed by atoms with Crippen LogP contribution in [0, 0.1) is 6.92 Å². The van der Waals surface area contributed by atoms with Crippen molar-refractivity contribution in [2.75, 3.05) is 17.2 Å². The van der Waals surface area contributed by atoms with Crippen LogP contribution in [0.5, 0.6) is 0 Å². The number of rotatable bonds is 8. The van der Waals surface area contributed by atoms with E-state index in [-0.39, 0.29) is 11.8 Å². The monoisotopic (exact) mass is 339 g/mol. The van der Waals surface area contributed by atoms with Gasteiger partial charge in [0.05, 0.1) is 11.4 Å². The van der Waals surface area contributed by atoms with Gasteiger partial charge in [0.2, 0.25) is 11.8 Å². The Morgan fingerprint density at radius 3 is 2.00 bits per heavy atom. The molecule has 0 aliphatic carbocycles. The first kappa shape index (κ1) is 18.7. The Balaban J connectivity index is 1.91. The lowest BCUT2D eigenvalue weighted by Gasteiger charge is -2.12. The highest BCUT2D eigenvalue weighted by molar-refractivity contribution is 5.99. The Morgan fingerprint density at radius 2 is 1.44 bits per heavy atom. The van der Waals surface area contributed by atoms with Crippen molar-refractivity contribution in [3.05, 3.63) is 59.7 Å². The van der Waals surface area contributed by atoms with Crippen molar-refractivity contribution in [2.24, 2.45) is 5.73 Å². The van der Waals surface area contributed by atoms with E-state index >= 15 is 0 Å². The number of nitrogens with one attached hydrogen (secondary N) is 2. The number of amides is 2. The maximum absolute atomic E-state index is 12.2. The topological polar surface area (TPSA) is 84.2 Å². The summed E-state index contributed by atoms with van der Waals surface area (Å²) < 4.78 is 0. The van der Waals surface area contributed by atoms with Gasteiger partial charge in [-0.2, -0.15) is 0 Å². The van der Waals surface area contributed by atoms with Crippen molar-refractivity contribution in [2.45, 2.75) is 32.6 Å². The molecule has 0 radical (unpaired) electrons. The highest BCUT2D eigenvalue weighted by Crippen LogP contribution is 2.21. The van der Waals surface area contributed by atoms with Crippen LogP contribution in [-0.4, -0.2) is 18.4 Å². The van der Waals surface area contributed by atoms with Crippen molar-refractivity contribution >= 4 is 23.2 Å². The van der Waals surface area contributed by atoms with E-state index in [0.29, 0.717) is 43.6 Å². The minimum absolute atomic E-state index is 0.0794. The number of aryl methyl sites for hydroxylation is 2. The van der Waals surface area contributed by atoms with Gasteiger partial charge in [-0.3, -0.25) is 9.59 Å². The molecule has 2 aromatic carbocycles. The maximum Gasteiger partial charge on any atom is 0.224 e. The van der Waals surface area contributed by atoms with Gasteiger partial charge in [0, 0.05) is 12.8 Å². The predicted molar refractivity (Wildman–Crippen MR) is 101 cm³/mol. The van der Waals surface area contributed by atoms with Crippen LogP contribution in [0.4, 0.5) is 11.4 Å². The molecule has 2 rings (SSSR count). The standard InChI is InChI=1S/C20H25N3O2/c1-15-8-10-16(11-9-15)12-13-20(25)23-18-6-3-2-5-17(18)22-19(24)7-4-14-21/h2-3,5-6,8-11H,4,7,12-14,21H2,1H3,(H,22,24)(H,23,25). The number of benzene rings is 2. The summed E-state index contributed by atoms with van der Waals surface area (Å²) in [5, 5.41) is 5.70. The summed E-state index contributed by atoms with van der Waals surface area (Å²) in [5.74, 6) is -0.184. The fourth-order valence-corrected chi connectivity index (χ4v) is 2.40. The van der Waals surface area contributed by atoms with E-state index in [0.717, 1.165) is 5.56 Å². The van der Waals surface area contributed by atoms with E-state index < -0.39 is 0 Å². The Kier molecular flexibility index (Phi) is 7.16. The van der Waals surface area contributed by atoms with Crippen LogP contribution in [0.15, 0.2) is 48.5 Å². The number of carbonyl (C=O) groups excluding carboxylic acids is 2. The SMILES string of the molecule is Cc1ccc(CCC(=O)Nc2ccccc2NC(=O)CCCN)cc1. The molecular weight excluding hydrogens is 314 g/mol. The van der Waals surface area contributed by atoms with Crippen LogP contribution in [0.3, 0.4) is 0 Å². The summed E-state index contributed by atoms with van der Waals surface area (Å²) in [4.78, 5) is 24.1. The van der Waals surface area contributed by atoms with E-state index in [1.54, 1.807) is 12.1 Å². The van der Waals surface area contributed by atoms with E-state index in [1.807, 2.05) is 43.3 Å². The summed E-state index contributed by atoms with van der Waals surface area (Å²) in [6.07, 6.45) is 2.07. The second-order valence-electron chi connectivity index (χ2n) is 6.02. The van der Waals surface area contributed by atoms with Crippen molar-refractivity contribution < 1.29 is 9.59 Å². The number of hydrogen-bond donors (Lipinski definition) is 3. The molecule has 0 atom stereocenters. The van der Waals surface area contributed by atoms with Crippen LogP contribution in [0.2, 0.25) is 0 Å². The average molecular weight is 339 g/mol. The molecule has 2 aromatic rings. The van der Waals surface area contributed by atoms with Crippen LogP contribution >= 0.6 is 0 Å². The third-order valence-electron chi connectivity index (χ3n) is 3.84. The Labute approximate surface area is 148 Å². The molecule has 0 bridgehead atoms. The number of para-hydroxylation sites is 2. The minimum atomic E-state index is -0.105. The van der Waals surface area contributed by atoms with Gasteiger partial charge in [0.15, 0.2) is 0 Å². The molecule has 2 amide bonds. The van der Waals surface area contributed by atoms with E-state index in [9.17, 15) is 9.59 Å². The fraction of sp³-hybridized carbons (Fsp3) is 0.300. The summed E-state index contributed by atoms with van der Waals surface area (Å²) in [5.41, 5.74) is 8.96. The van der Waals surface area contributed by atoms with Gasteiger partial charge in [0.1, 0.15) is 0 Å². The maximum atomic E-state index is 12.2. The molecule has 0 heterocycles. The molecule has 0 saturated carbocycles. The summed E-state index contributed by atoms with van der Waals surface area (Å²) in [6.45, 7) is 2.51. The van der Waals surface area contributed by atoms with Crippen LogP contribution in [-0.2, 0) is 16.0 Å². The zero-order valence-corrected chi connectivity index (χ0v) is 14.5. The molecule has 0 unspecified atom stereocenters. The molecule has 0 aliphatic heterocycles. The lowest BCUT2D eigenvalue weighted by Crippen LogP contribution is -2.17. The van der Waals surface area contributed by atoms with Crippen LogP contribution in [0.25, 0.3) is 0 Å². The second-order valence-corrected chi connectivity index (χ2v) is 6.02. The first-order valence-corrected chi connectivity index (χ1v) is 8.53. The number of anilines is 2. The summed E-state index contributed by atoms with van der Waals surface area (Å²) in [6, 6.07) is 15.4.